The molecule has 1 unspecified atom stereocenters. The lowest BCUT2D eigenvalue weighted by molar-refractivity contribution is -0.122. The molecule has 1 fully saturated rings. The molecule has 0 aliphatic carbocycles. The molecule has 4 nitrogen and oxygen atoms in total. The van der Waals surface area contributed by atoms with E-state index in [0.29, 0.717) is 13.1 Å². The monoisotopic (exact) mass is 214 g/mol. The number of rotatable bonds is 5. The minimum absolute atomic E-state index is 0.0741. The molecule has 4 heteroatoms. The first-order chi connectivity index (χ1) is 7.11. The van der Waals surface area contributed by atoms with Crippen LogP contribution in [-0.4, -0.2) is 47.7 Å². The zero-order valence-electron chi connectivity index (χ0n) is 9.70. The first kappa shape index (κ1) is 12.5. The molecule has 15 heavy (non-hydrogen) atoms. The van der Waals surface area contributed by atoms with Crippen molar-refractivity contribution in [1.29, 1.82) is 0 Å². The van der Waals surface area contributed by atoms with Crippen molar-refractivity contribution < 1.29 is 9.90 Å². The first-order valence-electron chi connectivity index (χ1n) is 5.81. The molecular weight excluding hydrogens is 192 g/mol. The number of carbonyl (C=O) groups is 1. The topological polar surface area (TPSA) is 52.6 Å². The van der Waals surface area contributed by atoms with Gasteiger partial charge in [-0.05, 0) is 19.8 Å². The lowest BCUT2D eigenvalue weighted by atomic mass is 10.2. The van der Waals surface area contributed by atoms with Gasteiger partial charge in [0.25, 0.3) is 0 Å². The van der Waals surface area contributed by atoms with Crippen molar-refractivity contribution in [3.05, 3.63) is 0 Å². The number of likely N-dealkylation sites (tertiary alicyclic amines) is 1. The molecule has 0 bridgehead atoms. The zero-order valence-corrected chi connectivity index (χ0v) is 9.70. The minimum Gasteiger partial charge on any atom is -0.392 e. The van der Waals surface area contributed by atoms with Crippen LogP contribution in [0, 0.1) is 0 Å². The number of nitrogens with one attached hydrogen (secondary N) is 1. The Bertz CT molecular complexity index is 209. The lowest BCUT2D eigenvalue weighted by Gasteiger charge is -2.17. The van der Waals surface area contributed by atoms with Gasteiger partial charge in [0.15, 0.2) is 0 Å². The summed E-state index contributed by atoms with van der Waals surface area (Å²) in [6.07, 6.45) is 2.65. The molecule has 1 rings (SSSR count). The van der Waals surface area contributed by atoms with E-state index in [0.717, 1.165) is 25.8 Å². The average Bonchev–Trinajstić information content (AvgIpc) is 2.51. The third kappa shape index (κ3) is 4.62. The third-order valence-electron chi connectivity index (χ3n) is 2.74. The van der Waals surface area contributed by atoms with Gasteiger partial charge in [-0.15, -0.1) is 0 Å². The van der Waals surface area contributed by atoms with E-state index >= 15 is 0 Å². The molecular formula is C11H22N2O2. The molecule has 88 valence electrons. The maximum absolute atomic E-state index is 11.6. The molecule has 0 spiro atoms. The Morgan fingerprint density at radius 1 is 1.67 bits per heavy atom. The van der Waals surface area contributed by atoms with E-state index in [-0.39, 0.29) is 18.1 Å². The van der Waals surface area contributed by atoms with Crippen LogP contribution in [0.25, 0.3) is 0 Å². The minimum atomic E-state index is -0.245. The Kier molecular flexibility index (Phi) is 5.05. The van der Waals surface area contributed by atoms with E-state index in [1.165, 1.54) is 0 Å². The van der Waals surface area contributed by atoms with Crippen LogP contribution in [0.3, 0.4) is 0 Å². The Balaban J connectivity index is 2.18. The standard InChI is InChI=1S/C11H22N2O2/c1-3-4-9(2)12-11(15)8-13-6-5-10(14)7-13/h9-10,14H,3-8H2,1-2H3,(H,12,15)/t9?,10-/m0/s1. The van der Waals surface area contributed by atoms with Crippen molar-refractivity contribution in [3.63, 3.8) is 0 Å². The van der Waals surface area contributed by atoms with Gasteiger partial charge in [-0.25, -0.2) is 0 Å². The molecule has 1 amide bonds. The fraction of sp³-hybridized carbons (Fsp3) is 0.909. The maximum atomic E-state index is 11.6. The number of aliphatic hydroxyl groups is 1. The molecule has 0 aromatic carbocycles. The van der Waals surface area contributed by atoms with E-state index in [2.05, 4.69) is 12.2 Å². The largest absolute Gasteiger partial charge is 0.392 e. The van der Waals surface area contributed by atoms with Crippen LogP contribution in [0.2, 0.25) is 0 Å². The van der Waals surface area contributed by atoms with Crippen molar-refractivity contribution >= 4 is 5.91 Å². The summed E-state index contributed by atoms with van der Waals surface area (Å²) in [5.41, 5.74) is 0. The smallest absolute Gasteiger partial charge is 0.234 e. The normalized spacial score (nSPS) is 24.1. The number of β-amino-alcohol motifs (C(OH)–C–C–N with tert-alkyl or cyclic N) is 1. The van der Waals surface area contributed by atoms with Gasteiger partial charge in [0.05, 0.1) is 12.6 Å². The number of hydrogen-bond acceptors (Lipinski definition) is 3. The van der Waals surface area contributed by atoms with Gasteiger partial charge in [0.1, 0.15) is 0 Å². The number of amides is 1. The van der Waals surface area contributed by atoms with Crippen molar-refractivity contribution in [3.8, 4) is 0 Å². The van der Waals surface area contributed by atoms with Crippen molar-refractivity contribution in [1.82, 2.24) is 10.2 Å². The average molecular weight is 214 g/mol. The second-order valence-corrected chi connectivity index (χ2v) is 4.43. The lowest BCUT2D eigenvalue weighted by Crippen LogP contribution is -2.40. The van der Waals surface area contributed by atoms with Crippen LogP contribution >= 0.6 is 0 Å². The van der Waals surface area contributed by atoms with Crippen LogP contribution in [-0.2, 0) is 4.79 Å². The van der Waals surface area contributed by atoms with Gasteiger partial charge in [0.2, 0.25) is 5.91 Å². The predicted molar refractivity (Wildman–Crippen MR) is 59.6 cm³/mol. The highest BCUT2D eigenvalue weighted by Crippen LogP contribution is 2.07. The molecule has 1 heterocycles. The Hall–Kier alpha value is -0.610. The summed E-state index contributed by atoms with van der Waals surface area (Å²) in [5, 5.41) is 12.3. The van der Waals surface area contributed by atoms with Gasteiger partial charge in [-0.2, -0.15) is 0 Å². The molecule has 2 atom stereocenters. The van der Waals surface area contributed by atoms with Crippen molar-refractivity contribution in [2.45, 2.75) is 45.3 Å². The second kappa shape index (κ2) is 6.08. The molecule has 2 N–H and O–H groups in total. The maximum Gasteiger partial charge on any atom is 0.234 e. The molecule has 0 aromatic heterocycles. The highest BCUT2D eigenvalue weighted by Gasteiger charge is 2.22. The highest BCUT2D eigenvalue weighted by atomic mass is 16.3. The third-order valence-corrected chi connectivity index (χ3v) is 2.74. The summed E-state index contributed by atoms with van der Waals surface area (Å²) in [4.78, 5) is 13.6. The summed E-state index contributed by atoms with van der Waals surface area (Å²) in [6, 6.07) is 0.259. The summed E-state index contributed by atoms with van der Waals surface area (Å²) in [7, 11) is 0. The predicted octanol–water partition coefficient (Wildman–Crippen LogP) is 0.358. The number of aliphatic hydroxyl groups excluding tert-OH is 1. The SMILES string of the molecule is CCCC(C)NC(=O)CN1CC[C@H](O)C1. The van der Waals surface area contributed by atoms with Crippen molar-refractivity contribution in [2.24, 2.45) is 0 Å². The molecule has 0 radical (unpaired) electrons. The molecule has 0 aromatic rings. The van der Waals surface area contributed by atoms with Gasteiger partial charge in [-0.3, -0.25) is 9.69 Å². The van der Waals surface area contributed by atoms with E-state index < -0.39 is 0 Å². The van der Waals surface area contributed by atoms with Crippen LogP contribution in [0.5, 0.6) is 0 Å². The highest BCUT2D eigenvalue weighted by molar-refractivity contribution is 5.78. The van der Waals surface area contributed by atoms with Gasteiger partial charge < -0.3 is 10.4 Å². The Morgan fingerprint density at radius 3 is 2.93 bits per heavy atom. The van der Waals surface area contributed by atoms with Crippen LogP contribution in [0.1, 0.15) is 33.1 Å². The quantitative estimate of drug-likeness (QED) is 0.694. The van der Waals surface area contributed by atoms with Crippen LogP contribution < -0.4 is 5.32 Å². The summed E-state index contributed by atoms with van der Waals surface area (Å²) in [6.45, 7) is 6.02. The van der Waals surface area contributed by atoms with Crippen LogP contribution in [0.4, 0.5) is 0 Å². The van der Waals surface area contributed by atoms with Gasteiger partial charge >= 0.3 is 0 Å². The number of nitrogens with zero attached hydrogens (tertiary/aromatic N) is 1. The van der Waals surface area contributed by atoms with Crippen molar-refractivity contribution in [2.75, 3.05) is 19.6 Å². The first-order valence-corrected chi connectivity index (χ1v) is 5.81. The molecule has 1 aliphatic heterocycles. The van der Waals surface area contributed by atoms with Crippen LogP contribution in [0.15, 0.2) is 0 Å². The fourth-order valence-electron chi connectivity index (χ4n) is 1.98. The fourth-order valence-corrected chi connectivity index (χ4v) is 1.98. The summed E-state index contributed by atoms with van der Waals surface area (Å²) in [5.74, 6) is 0.0741. The van der Waals surface area contributed by atoms with Gasteiger partial charge in [0, 0.05) is 19.1 Å². The summed E-state index contributed by atoms with van der Waals surface area (Å²) >= 11 is 0. The second-order valence-electron chi connectivity index (χ2n) is 4.43. The van der Waals surface area contributed by atoms with E-state index in [9.17, 15) is 9.90 Å². The molecule has 1 aliphatic rings. The zero-order chi connectivity index (χ0) is 11.3. The number of hydrogen-bond donors (Lipinski definition) is 2. The van der Waals surface area contributed by atoms with E-state index in [1.807, 2.05) is 11.8 Å². The molecule has 1 saturated heterocycles. The van der Waals surface area contributed by atoms with Gasteiger partial charge in [-0.1, -0.05) is 13.3 Å². The number of carbonyl (C=O) groups excluding carboxylic acids is 1. The van der Waals surface area contributed by atoms with E-state index in [4.69, 9.17) is 0 Å². The Morgan fingerprint density at radius 2 is 2.40 bits per heavy atom. The van der Waals surface area contributed by atoms with E-state index in [1.54, 1.807) is 0 Å². The summed E-state index contributed by atoms with van der Waals surface area (Å²) < 4.78 is 0. The Labute approximate surface area is 91.6 Å². The molecule has 0 saturated carbocycles.